The quantitative estimate of drug-likeness (QED) is 0.587. The van der Waals surface area contributed by atoms with Crippen molar-refractivity contribution >= 4 is 22.6 Å². The largest absolute Gasteiger partial charge is 0.393 e. The van der Waals surface area contributed by atoms with Gasteiger partial charge in [0.25, 0.3) is 0 Å². The zero-order valence-corrected chi connectivity index (χ0v) is 9.66. The molecule has 0 amide bonds. The number of ether oxygens (including phenoxy) is 1. The van der Waals surface area contributed by atoms with Gasteiger partial charge in [-0.1, -0.05) is 22.6 Å². The van der Waals surface area contributed by atoms with Gasteiger partial charge >= 0.3 is 0 Å². The Morgan fingerprint density at radius 1 is 1.15 bits per heavy atom. The number of hydrogen-bond donors (Lipinski definition) is 2. The van der Waals surface area contributed by atoms with Crippen molar-refractivity contribution in [3.05, 3.63) is 0 Å². The Hall–Kier alpha value is 0.610. The Morgan fingerprint density at radius 3 is 2.00 bits per heavy atom. The summed E-state index contributed by atoms with van der Waals surface area (Å²) in [6.45, 7) is 0.183. The van der Waals surface area contributed by atoms with Crippen molar-refractivity contribution < 1.29 is 14.9 Å². The van der Waals surface area contributed by atoms with Crippen LogP contribution in [0.25, 0.3) is 0 Å². The maximum absolute atomic E-state index is 9.29. The van der Waals surface area contributed by atoms with Crippen LogP contribution in [0.1, 0.15) is 25.7 Å². The topological polar surface area (TPSA) is 49.7 Å². The van der Waals surface area contributed by atoms with Crippen LogP contribution in [0.4, 0.5) is 0 Å². The second kappa shape index (κ2) is 3.32. The van der Waals surface area contributed by atoms with Crippen molar-refractivity contribution in [1.29, 1.82) is 0 Å². The summed E-state index contributed by atoms with van der Waals surface area (Å²) in [5, 5.41) is 18.6. The molecule has 4 heteroatoms. The molecule has 2 bridgehead atoms. The molecule has 2 aliphatic rings. The average molecular weight is 298 g/mol. The molecule has 2 aliphatic heterocycles. The predicted molar refractivity (Wildman–Crippen MR) is 57.0 cm³/mol. The van der Waals surface area contributed by atoms with Gasteiger partial charge in [0.15, 0.2) is 0 Å². The van der Waals surface area contributed by atoms with Crippen LogP contribution in [0.2, 0.25) is 0 Å². The first-order valence-electron chi connectivity index (χ1n) is 4.70. The zero-order chi connectivity index (χ0) is 9.53. The van der Waals surface area contributed by atoms with Crippen LogP contribution in [-0.2, 0) is 4.74 Å². The number of alkyl halides is 1. The summed E-state index contributed by atoms with van der Waals surface area (Å²) in [6, 6.07) is 0. The van der Waals surface area contributed by atoms with E-state index in [0.29, 0.717) is 3.92 Å². The third-order valence-corrected chi connectivity index (χ3v) is 4.11. The van der Waals surface area contributed by atoms with E-state index in [1.54, 1.807) is 0 Å². The van der Waals surface area contributed by atoms with Gasteiger partial charge in [-0.3, -0.25) is 0 Å². The molecule has 0 saturated carbocycles. The normalized spacial score (nSPS) is 49.6. The van der Waals surface area contributed by atoms with Gasteiger partial charge in [-0.25, -0.2) is 0 Å². The van der Waals surface area contributed by atoms with E-state index < -0.39 is 0 Å². The van der Waals surface area contributed by atoms with E-state index >= 15 is 0 Å². The maximum Gasteiger partial charge on any atom is 0.0931 e. The SMILES string of the molecule is OC[C@]12CC[C@](CO)(C[C@@H](I)C1)O2. The number of fused-ring (bicyclic) bond motifs is 2. The van der Waals surface area contributed by atoms with Crippen LogP contribution in [0.5, 0.6) is 0 Å². The molecule has 0 unspecified atom stereocenters. The molecule has 0 aromatic heterocycles. The molecule has 0 spiro atoms. The first-order chi connectivity index (χ1) is 6.14. The number of hydrogen-bond acceptors (Lipinski definition) is 3. The van der Waals surface area contributed by atoms with Crippen LogP contribution in [0.3, 0.4) is 0 Å². The monoisotopic (exact) mass is 298 g/mol. The molecular weight excluding hydrogens is 283 g/mol. The van der Waals surface area contributed by atoms with E-state index in [4.69, 9.17) is 4.74 Å². The molecule has 2 heterocycles. The van der Waals surface area contributed by atoms with Gasteiger partial charge in [-0.05, 0) is 25.7 Å². The molecule has 13 heavy (non-hydrogen) atoms. The van der Waals surface area contributed by atoms with Gasteiger partial charge in [-0.2, -0.15) is 0 Å². The lowest BCUT2D eigenvalue weighted by Crippen LogP contribution is -2.48. The molecule has 2 rings (SSSR count). The first kappa shape index (κ1) is 10.1. The molecule has 3 nitrogen and oxygen atoms in total. The van der Waals surface area contributed by atoms with Crippen LogP contribution < -0.4 is 0 Å². The van der Waals surface area contributed by atoms with E-state index in [0.717, 1.165) is 25.7 Å². The summed E-state index contributed by atoms with van der Waals surface area (Å²) < 4.78 is 6.36. The van der Waals surface area contributed by atoms with E-state index in [2.05, 4.69) is 22.6 Å². The fourth-order valence-corrected chi connectivity index (χ4v) is 4.14. The summed E-state index contributed by atoms with van der Waals surface area (Å²) >= 11 is 2.39. The Labute approximate surface area is 91.6 Å². The van der Waals surface area contributed by atoms with E-state index in [1.165, 1.54) is 0 Å². The smallest absolute Gasteiger partial charge is 0.0931 e. The second-order valence-corrected chi connectivity index (χ2v) is 6.05. The van der Waals surface area contributed by atoms with Crippen molar-refractivity contribution in [3.8, 4) is 0 Å². The molecule has 0 aromatic rings. The molecule has 0 radical (unpaired) electrons. The highest BCUT2D eigenvalue weighted by atomic mass is 127. The molecule has 2 fully saturated rings. The minimum absolute atomic E-state index is 0.0915. The Kier molecular flexibility index (Phi) is 2.59. The summed E-state index contributed by atoms with van der Waals surface area (Å²) in [5.74, 6) is 0. The zero-order valence-electron chi connectivity index (χ0n) is 7.50. The van der Waals surface area contributed by atoms with Crippen LogP contribution >= 0.6 is 22.6 Å². The van der Waals surface area contributed by atoms with Crippen molar-refractivity contribution in [1.82, 2.24) is 0 Å². The first-order valence-corrected chi connectivity index (χ1v) is 5.94. The van der Waals surface area contributed by atoms with Crippen molar-refractivity contribution in [2.75, 3.05) is 13.2 Å². The highest BCUT2D eigenvalue weighted by Gasteiger charge is 2.54. The number of rotatable bonds is 2. The lowest BCUT2D eigenvalue weighted by molar-refractivity contribution is -0.167. The Bertz CT molecular complexity index is 191. The Morgan fingerprint density at radius 2 is 1.62 bits per heavy atom. The minimum atomic E-state index is -0.340. The fraction of sp³-hybridized carbons (Fsp3) is 1.00. The molecule has 2 saturated heterocycles. The minimum Gasteiger partial charge on any atom is -0.393 e. The van der Waals surface area contributed by atoms with Crippen molar-refractivity contribution in [2.24, 2.45) is 0 Å². The number of aliphatic hydroxyl groups is 2. The van der Waals surface area contributed by atoms with E-state index in [1.807, 2.05) is 0 Å². The summed E-state index contributed by atoms with van der Waals surface area (Å²) in [7, 11) is 0. The van der Waals surface area contributed by atoms with E-state index in [-0.39, 0.29) is 24.4 Å². The average Bonchev–Trinajstić information content (AvgIpc) is 2.41. The van der Waals surface area contributed by atoms with Gasteiger partial charge in [0.1, 0.15) is 0 Å². The molecule has 2 N–H and O–H groups in total. The third-order valence-electron chi connectivity index (χ3n) is 3.23. The van der Waals surface area contributed by atoms with Crippen LogP contribution in [0, 0.1) is 0 Å². The summed E-state index contributed by atoms with van der Waals surface area (Å²) in [4.78, 5) is 0. The van der Waals surface area contributed by atoms with Gasteiger partial charge in [0.2, 0.25) is 0 Å². The Balaban J connectivity index is 2.20. The highest BCUT2D eigenvalue weighted by Crippen LogP contribution is 2.49. The summed E-state index contributed by atoms with van der Waals surface area (Å²) in [5.41, 5.74) is -0.681. The van der Waals surface area contributed by atoms with Gasteiger partial charge in [0, 0.05) is 3.92 Å². The van der Waals surface area contributed by atoms with Gasteiger partial charge < -0.3 is 14.9 Å². The molecular formula is C9H15IO3. The van der Waals surface area contributed by atoms with Gasteiger partial charge in [-0.15, -0.1) is 0 Å². The molecule has 0 aromatic carbocycles. The maximum atomic E-state index is 9.29. The third kappa shape index (κ3) is 1.62. The lowest BCUT2D eigenvalue weighted by Gasteiger charge is -2.40. The number of aliphatic hydroxyl groups excluding tert-OH is 2. The van der Waals surface area contributed by atoms with Crippen molar-refractivity contribution in [2.45, 2.75) is 40.8 Å². The lowest BCUT2D eigenvalue weighted by atomic mass is 9.93. The van der Waals surface area contributed by atoms with Crippen LogP contribution in [0.15, 0.2) is 0 Å². The fourth-order valence-electron chi connectivity index (χ4n) is 2.54. The van der Waals surface area contributed by atoms with E-state index in [9.17, 15) is 10.2 Å². The number of halogens is 1. The van der Waals surface area contributed by atoms with Gasteiger partial charge in [0.05, 0.1) is 24.4 Å². The summed E-state index contributed by atoms with van der Waals surface area (Å²) in [6.07, 6.45) is 3.63. The molecule has 76 valence electrons. The molecule has 0 aliphatic carbocycles. The second-order valence-electron chi connectivity index (χ2n) is 4.29. The predicted octanol–water partition coefficient (Wildman–Crippen LogP) is 0.856. The standard InChI is InChI=1S/C9H15IO3/c10-7-3-8(5-11)1-2-9(4-7,6-12)13-8/h7,11-12H,1-6H2/t7-,8-,9+. The van der Waals surface area contributed by atoms with Crippen LogP contribution in [-0.4, -0.2) is 38.6 Å². The van der Waals surface area contributed by atoms with Crippen molar-refractivity contribution in [3.63, 3.8) is 0 Å². The molecule has 3 atom stereocenters. The highest BCUT2D eigenvalue weighted by molar-refractivity contribution is 14.1.